The van der Waals surface area contributed by atoms with E-state index in [0.29, 0.717) is 17.1 Å². The molecule has 158 valence electrons. The Labute approximate surface area is 178 Å². The average Bonchev–Trinajstić information content (AvgIpc) is 2.77. The lowest BCUT2D eigenvalue weighted by molar-refractivity contribution is -0.119. The third-order valence-electron chi connectivity index (χ3n) is 5.34. The Kier molecular flexibility index (Phi) is 5.42. The van der Waals surface area contributed by atoms with Crippen molar-refractivity contribution in [1.29, 1.82) is 0 Å². The normalized spacial score (nSPS) is 15.6. The van der Waals surface area contributed by atoms with Crippen LogP contribution in [0.2, 0.25) is 0 Å². The lowest BCUT2D eigenvalue weighted by atomic mass is 10.0. The molecule has 1 aliphatic heterocycles. The van der Waals surface area contributed by atoms with Crippen molar-refractivity contribution < 1.29 is 23.1 Å². The second kappa shape index (κ2) is 8.18. The van der Waals surface area contributed by atoms with Crippen molar-refractivity contribution in [2.75, 3.05) is 16.9 Å². The minimum absolute atomic E-state index is 0.278. The molecule has 2 amide bonds. The number of halogens is 2. The molecule has 0 spiro atoms. The summed E-state index contributed by atoms with van der Waals surface area (Å²) in [6.45, 7) is 1.83. The lowest BCUT2D eigenvalue weighted by Gasteiger charge is -2.40. The summed E-state index contributed by atoms with van der Waals surface area (Å²) < 4.78 is 33.7. The molecule has 3 aromatic rings. The van der Waals surface area contributed by atoms with E-state index in [2.05, 4.69) is 0 Å². The van der Waals surface area contributed by atoms with Crippen LogP contribution < -0.4 is 14.5 Å². The molecule has 3 aromatic carbocycles. The van der Waals surface area contributed by atoms with Crippen LogP contribution in [0.5, 0.6) is 5.75 Å². The van der Waals surface area contributed by atoms with Gasteiger partial charge in [-0.1, -0.05) is 30.3 Å². The maximum atomic E-state index is 14.3. The molecule has 0 N–H and O–H groups in total. The number of ether oxygens (including phenoxy) is 1. The number of benzene rings is 3. The number of hydrogen-bond acceptors (Lipinski definition) is 3. The fourth-order valence-electron chi connectivity index (χ4n) is 3.74. The number of amides is 2. The molecule has 0 bridgehead atoms. The van der Waals surface area contributed by atoms with Gasteiger partial charge < -0.3 is 9.64 Å². The van der Waals surface area contributed by atoms with Crippen LogP contribution in [-0.2, 0) is 11.3 Å². The number of methoxy groups -OCH3 is 1. The second-order valence-electron chi connectivity index (χ2n) is 7.21. The van der Waals surface area contributed by atoms with E-state index in [1.165, 1.54) is 6.07 Å². The number of para-hydroxylation sites is 2. The highest BCUT2D eigenvalue weighted by Crippen LogP contribution is 2.38. The van der Waals surface area contributed by atoms with Gasteiger partial charge in [0.1, 0.15) is 29.0 Å². The number of carbonyl (C=O) groups excluding carboxylic acids is 2. The van der Waals surface area contributed by atoms with Gasteiger partial charge in [-0.2, -0.15) is 0 Å². The molecule has 5 nitrogen and oxygen atoms in total. The van der Waals surface area contributed by atoms with Crippen molar-refractivity contribution in [2.24, 2.45) is 0 Å². The molecule has 0 saturated heterocycles. The molecule has 0 saturated carbocycles. The number of carbonyl (C=O) groups is 2. The molecule has 0 aromatic heterocycles. The Morgan fingerprint density at radius 2 is 1.55 bits per heavy atom. The molecule has 0 fully saturated rings. The Hall–Kier alpha value is -3.74. The topological polar surface area (TPSA) is 49.9 Å². The van der Waals surface area contributed by atoms with Crippen LogP contribution in [0, 0.1) is 11.6 Å². The van der Waals surface area contributed by atoms with Crippen LogP contribution >= 0.6 is 0 Å². The van der Waals surface area contributed by atoms with Gasteiger partial charge in [0.15, 0.2) is 0 Å². The first-order valence-corrected chi connectivity index (χ1v) is 9.73. The monoisotopic (exact) mass is 422 g/mol. The fourth-order valence-corrected chi connectivity index (χ4v) is 3.74. The Morgan fingerprint density at radius 3 is 2.16 bits per heavy atom. The van der Waals surface area contributed by atoms with Crippen molar-refractivity contribution >= 4 is 23.2 Å². The van der Waals surface area contributed by atoms with Crippen molar-refractivity contribution in [3.8, 4) is 5.75 Å². The molecule has 4 rings (SSSR count). The van der Waals surface area contributed by atoms with Crippen molar-refractivity contribution in [3.63, 3.8) is 0 Å². The summed E-state index contributed by atoms with van der Waals surface area (Å²) in [5.74, 6) is -2.48. The summed E-state index contributed by atoms with van der Waals surface area (Å²) >= 11 is 0. The van der Waals surface area contributed by atoms with Gasteiger partial charge in [-0.15, -0.1) is 0 Å². The molecular formula is C24H20F2N2O3. The zero-order valence-electron chi connectivity index (χ0n) is 17.0. The third kappa shape index (κ3) is 3.63. The Balaban J connectivity index is 1.75. The van der Waals surface area contributed by atoms with Crippen LogP contribution in [0.15, 0.2) is 66.7 Å². The highest BCUT2D eigenvalue weighted by Gasteiger charge is 2.40. The quantitative estimate of drug-likeness (QED) is 0.620. The maximum Gasteiger partial charge on any atom is 0.265 e. The predicted molar refractivity (Wildman–Crippen MR) is 113 cm³/mol. The number of fused-ring (bicyclic) bond motifs is 1. The van der Waals surface area contributed by atoms with E-state index >= 15 is 0 Å². The Bertz CT molecular complexity index is 1130. The van der Waals surface area contributed by atoms with Gasteiger partial charge >= 0.3 is 0 Å². The van der Waals surface area contributed by atoms with Gasteiger partial charge in [0.05, 0.1) is 25.0 Å². The van der Waals surface area contributed by atoms with Crippen LogP contribution in [-0.4, -0.2) is 25.0 Å². The van der Waals surface area contributed by atoms with Crippen LogP contribution in [0.1, 0.15) is 22.8 Å². The van der Waals surface area contributed by atoms with E-state index in [0.717, 1.165) is 22.6 Å². The standard InChI is InChI=1S/C24H20F2N2O3/c1-15-23(29)27(14-16-10-12-17(31-2)13-11-16)20-8-3-4-9-21(20)28(15)24(30)22-18(25)6-5-7-19(22)26/h3-13,15H,14H2,1-2H3/t15-/m0/s1. The first kappa shape index (κ1) is 20.5. The molecule has 1 aliphatic rings. The van der Waals surface area contributed by atoms with Crippen LogP contribution in [0.4, 0.5) is 20.2 Å². The zero-order chi connectivity index (χ0) is 22.1. The SMILES string of the molecule is COc1ccc(CN2C(=O)[C@H](C)N(C(=O)c3c(F)cccc3F)c3ccccc32)cc1. The third-order valence-corrected chi connectivity index (χ3v) is 5.34. The van der Waals surface area contributed by atoms with Crippen LogP contribution in [0.25, 0.3) is 0 Å². The van der Waals surface area contributed by atoms with Gasteiger partial charge in [-0.05, 0) is 48.9 Å². The zero-order valence-corrected chi connectivity index (χ0v) is 17.0. The predicted octanol–water partition coefficient (Wildman–Crippen LogP) is 4.56. The van der Waals surface area contributed by atoms with Crippen molar-refractivity contribution in [3.05, 3.63) is 89.5 Å². The molecule has 1 atom stereocenters. The Morgan fingerprint density at radius 1 is 0.935 bits per heavy atom. The number of nitrogens with zero attached hydrogens (tertiary/aromatic N) is 2. The largest absolute Gasteiger partial charge is 0.497 e. The summed E-state index contributed by atoms with van der Waals surface area (Å²) in [5.41, 5.74) is 1.10. The van der Waals surface area contributed by atoms with E-state index in [1.54, 1.807) is 55.3 Å². The minimum Gasteiger partial charge on any atom is -0.497 e. The molecule has 1 heterocycles. The smallest absolute Gasteiger partial charge is 0.265 e. The van der Waals surface area contributed by atoms with E-state index in [4.69, 9.17) is 4.74 Å². The first-order chi connectivity index (χ1) is 14.9. The summed E-state index contributed by atoms with van der Waals surface area (Å²) in [5, 5.41) is 0. The second-order valence-corrected chi connectivity index (χ2v) is 7.21. The average molecular weight is 422 g/mol. The molecule has 0 aliphatic carbocycles. The fraction of sp³-hybridized carbons (Fsp3) is 0.167. The van der Waals surface area contributed by atoms with E-state index < -0.39 is 29.1 Å². The highest BCUT2D eigenvalue weighted by molar-refractivity contribution is 6.17. The van der Waals surface area contributed by atoms with E-state index in [9.17, 15) is 18.4 Å². The lowest BCUT2D eigenvalue weighted by Crippen LogP contribution is -2.54. The van der Waals surface area contributed by atoms with Crippen molar-refractivity contribution in [2.45, 2.75) is 19.5 Å². The first-order valence-electron chi connectivity index (χ1n) is 9.73. The highest BCUT2D eigenvalue weighted by atomic mass is 19.1. The number of rotatable bonds is 4. The number of hydrogen-bond donors (Lipinski definition) is 0. The summed E-state index contributed by atoms with van der Waals surface area (Å²) in [6, 6.07) is 16.4. The van der Waals surface area contributed by atoms with E-state index in [-0.39, 0.29) is 12.5 Å². The summed E-state index contributed by atoms with van der Waals surface area (Å²) in [7, 11) is 1.57. The summed E-state index contributed by atoms with van der Waals surface area (Å²) in [6.07, 6.45) is 0. The van der Waals surface area contributed by atoms with Crippen molar-refractivity contribution in [1.82, 2.24) is 0 Å². The maximum absolute atomic E-state index is 14.3. The van der Waals surface area contributed by atoms with Gasteiger partial charge in [-0.3, -0.25) is 14.5 Å². The molecule has 0 radical (unpaired) electrons. The van der Waals surface area contributed by atoms with Gasteiger partial charge in [0.25, 0.3) is 5.91 Å². The van der Waals surface area contributed by atoms with E-state index in [1.807, 2.05) is 12.1 Å². The molecule has 0 unspecified atom stereocenters. The molecule has 7 heteroatoms. The van der Waals surface area contributed by atoms with Gasteiger partial charge in [-0.25, -0.2) is 8.78 Å². The van der Waals surface area contributed by atoms with Gasteiger partial charge in [0, 0.05) is 0 Å². The molecule has 31 heavy (non-hydrogen) atoms. The summed E-state index contributed by atoms with van der Waals surface area (Å²) in [4.78, 5) is 29.1. The number of anilines is 2. The van der Waals surface area contributed by atoms with Crippen LogP contribution in [0.3, 0.4) is 0 Å². The van der Waals surface area contributed by atoms with Gasteiger partial charge in [0.2, 0.25) is 5.91 Å². The molecular weight excluding hydrogens is 402 g/mol. The minimum atomic E-state index is -0.970.